The fraction of sp³-hybridized carbons (Fsp3) is 0.316. The molecule has 0 saturated carbocycles. The van der Waals surface area contributed by atoms with E-state index < -0.39 is 10.0 Å². The van der Waals surface area contributed by atoms with Crippen LogP contribution in [0.3, 0.4) is 0 Å². The summed E-state index contributed by atoms with van der Waals surface area (Å²) < 4.78 is 32.5. The second-order valence-electron chi connectivity index (χ2n) is 6.01. The molecule has 0 fully saturated rings. The number of halogens is 1. The van der Waals surface area contributed by atoms with Crippen LogP contribution >= 0.6 is 11.6 Å². The number of nitrogens with zero attached hydrogens (tertiary/aromatic N) is 1. The Morgan fingerprint density at radius 1 is 1.15 bits per heavy atom. The van der Waals surface area contributed by atoms with Crippen molar-refractivity contribution in [2.75, 3.05) is 26.7 Å². The average Bonchev–Trinajstić information content (AvgIpc) is 2.63. The van der Waals surface area contributed by atoms with Gasteiger partial charge in [0, 0.05) is 20.0 Å². The fourth-order valence-electron chi connectivity index (χ4n) is 2.36. The summed E-state index contributed by atoms with van der Waals surface area (Å²) in [5, 5.41) is 0.141. The number of hydrogen-bond acceptors (Lipinski definition) is 4. The first-order chi connectivity index (χ1) is 12.8. The lowest BCUT2D eigenvalue weighted by molar-refractivity contribution is -0.130. The maximum Gasteiger partial charge on any atom is 0.242 e. The Labute approximate surface area is 165 Å². The number of para-hydroxylation sites is 1. The molecule has 0 atom stereocenters. The van der Waals surface area contributed by atoms with Gasteiger partial charge in [0.15, 0.2) is 0 Å². The Morgan fingerprint density at radius 3 is 2.52 bits per heavy atom. The molecule has 0 unspecified atom stereocenters. The molecule has 0 aliphatic rings. The van der Waals surface area contributed by atoms with Gasteiger partial charge in [0.1, 0.15) is 17.3 Å². The molecule has 2 rings (SSSR count). The predicted octanol–water partition coefficient (Wildman–Crippen LogP) is 2.85. The quantitative estimate of drug-likeness (QED) is 0.689. The third-order valence-corrected chi connectivity index (χ3v) is 5.92. The van der Waals surface area contributed by atoms with Crippen LogP contribution in [0.1, 0.15) is 12.0 Å². The number of rotatable bonds is 9. The molecule has 0 spiro atoms. The third-order valence-electron chi connectivity index (χ3n) is 3.96. The van der Waals surface area contributed by atoms with Crippen molar-refractivity contribution in [3.63, 3.8) is 0 Å². The minimum atomic E-state index is -3.75. The van der Waals surface area contributed by atoms with E-state index in [4.69, 9.17) is 16.3 Å². The summed E-state index contributed by atoms with van der Waals surface area (Å²) in [5.41, 5.74) is 1.03. The summed E-state index contributed by atoms with van der Waals surface area (Å²) in [5.74, 6) is 0.607. The zero-order chi connectivity index (χ0) is 19.9. The molecule has 0 saturated heterocycles. The summed E-state index contributed by atoms with van der Waals surface area (Å²) in [6, 6.07) is 13.8. The first kappa shape index (κ1) is 21.2. The van der Waals surface area contributed by atoms with E-state index in [2.05, 4.69) is 4.72 Å². The fourth-order valence-corrected chi connectivity index (χ4v) is 3.91. The van der Waals surface area contributed by atoms with Gasteiger partial charge in [0.25, 0.3) is 0 Å². The molecule has 8 heteroatoms. The number of amides is 1. The highest BCUT2D eigenvalue weighted by Gasteiger charge is 2.18. The van der Waals surface area contributed by atoms with Gasteiger partial charge in [-0.1, -0.05) is 41.9 Å². The molecule has 146 valence electrons. The first-order valence-corrected chi connectivity index (χ1v) is 10.3. The maximum absolute atomic E-state index is 12.2. The van der Waals surface area contributed by atoms with Crippen LogP contribution in [0, 0.1) is 6.92 Å². The van der Waals surface area contributed by atoms with E-state index in [1.165, 1.54) is 17.0 Å². The molecule has 0 aliphatic carbocycles. The van der Waals surface area contributed by atoms with Crippen molar-refractivity contribution >= 4 is 27.5 Å². The summed E-state index contributed by atoms with van der Waals surface area (Å²) in [7, 11) is -2.09. The lowest BCUT2D eigenvalue weighted by Gasteiger charge is -2.18. The molecule has 1 N–H and O–H groups in total. The van der Waals surface area contributed by atoms with Crippen LogP contribution in [0.2, 0.25) is 5.02 Å². The number of benzene rings is 2. The molecule has 2 aromatic rings. The summed E-state index contributed by atoms with van der Waals surface area (Å²) in [6.45, 7) is 2.72. The van der Waals surface area contributed by atoms with Gasteiger partial charge in [-0.25, -0.2) is 13.1 Å². The van der Waals surface area contributed by atoms with Gasteiger partial charge >= 0.3 is 0 Å². The van der Waals surface area contributed by atoms with Gasteiger partial charge in [-0.3, -0.25) is 4.79 Å². The lowest BCUT2D eigenvalue weighted by Crippen LogP contribution is -2.34. The summed E-state index contributed by atoms with van der Waals surface area (Å²) in [4.78, 5) is 13.7. The van der Waals surface area contributed by atoms with Crippen LogP contribution in [0.5, 0.6) is 5.75 Å². The summed E-state index contributed by atoms with van der Waals surface area (Å²) in [6.07, 6.45) is 0.0462. The highest BCUT2D eigenvalue weighted by molar-refractivity contribution is 7.89. The Bertz CT molecular complexity index is 887. The second kappa shape index (κ2) is 9.73. The number of sulfonamides is 1. The molecule has 0 aliphatic heterocycles. The van der Waals surface area contributed by atoms with Crippen molar-refractivity contribution in [3.05, 3.63) is 59.1 Å². The number of ether oxygens (including phenoxy) is 1. The van der Waals surface area contributed by atoms with Gasteiger partial charge in [-0.15, -0.1) is 0 Å². The monoisotopic (exact) mass is 410 g/mol. The van der Waals surface area contributed by atoms with E-state index in [0.717, 1.165) is 11.3 Å². The largest absolute Gasteiger partial charge is 0.491 e. The van der Waals surface area contributed by atoms with Crippen molar-refractivity contribution in [2.24, 2.45) is 0 Å². The molecule has 0 radical (unpaired) electrons. The van der Waals surface area contributed by atoms with Crippen LogP contribution in [0.4, 0.5) is 0 Å². The second-order valence-corrected chi connectivity index (χ2v) is 8.15. The molecule has 0 heterocycles. The van der Waals surface area contributed by atoms with E-state index in [1.54, 1.807) is 19.2 Å². The number of aryl methyl sites for hydroxylation is 1. The van der Waals surface area contributed by atoms with E-state index in [9.17, 15) is 13.2 Å². The van der Waals surface area contributed by atoms with E-state index in [1.807, 2.05) is 31.2 Å². The Hall–Kier alpha value is -2.09. The standard InChI is InChI=1S/C19H23ClN2O4S/c1-15-7-3-5-9-17(15)26-14-13-22(2)19(23)11-12-21-27(24,25)18-10-6-4-8-16(18)20/h3-10,21H,11-14H2,1-2H3. The number of likely N-dealkylation sites (N-methyl/N-ethyl adjacent to an activating group) is 1. The number of nitrogens with one attached hydrogen (secondary N) is 1. The normalized spacial score (nSPS) is 11.2. The molecular weight excluding hydrogens is 388 g/mol. The number of carbonyl (C=O) groups is 1. The van der Waals surface area contributed by atoms with E-state index in [-0.39, 0.29) is 28.8 Å². The van der Waals surface area contributed by atoms with Crippen molar-refractivity contribution in [2.45, 2.75) is 18.2 Å². The molecule has 0 bridgehead atoms. The van der Waals surface area contributed by atoms with Crippen molar-refractivity contribution < 1.29 is 17.9 Å². The molecular formula is C19H23ClN2O4S. The zero-order valence-corrected chi connectivity index (χ0v) is 16.9. The third kappa shape index (κ3) is 6.23. The van der Waals surface area contributed by atoms with Crippen LogP contribution in [-0.2, 0) is 14.8 Å². The topological polar surface area (TPSA) is 75.7 Å². The highest BCUT2D eigenvalue weighted by atomic mass is 35.5. The smallest absolute Gasteiger partial charge is 0.242 e. The van der Waals surface area contributed by atoms with Gasteiger partial charge in [-0.2, -0.15) is 0 Å². The summed E-state index contributed by atoms with van der Waals surface area (Å²) >= 11 is 5.91. The highest BCUT2D eigenvalue weighted by Crippen LogP contribution is 2.20. The average molecular weight is 411 g/mol. The lowest BCUT2D eigenvalue weighted by atomic mass is 10.2. The number of carbonyl (C=O) groups excluding carboxylic acids is 1. The van der Waals surface area contributed by atoms with Gasteiger partial charge in [-0.05, 0) is 30.7 Å². The molecule has 0 aromatic heterocycles. The maximum atomic E-state index is 12.2. The minimum absolute atomic E-state index is 0.000832. The minimum Gasteiger partial charge on any atom is -0.491 e. The van der Waals surface area contributed by atoms with Crippen molar-refractivity contribution in [1.82, 2.24) is 9.62 Å². The van der Waals surface area contributed by atoms with Gasteiger partial charge < -0.3 is 9.64 Å². The molecule has 27 heavy (non-hydrogen) atoms. The van der Waals surface area contributed by atoms with Crippen LogP contribution in [-0.4, -0.2) is 46.0 Å². The molecule has 6 nitrogen and oxygen atoms in total. The van der Waals surface area contributed by atoms with Gasteiger partial charge in [0.2, 0.25) is 15.9 Å². The molecule has 1 amide bonds. The Kier molecular flexibility index (Phi) is 7.65. The van der Waals surface area contributed by atoms with E-state index in [0.29, 0.717) is 13.2 Å². The molecule has 2 aromatic carbocycles. The first-order valence-electron chi connectivity index (χ1n) is 8.48. The van der Waals surface area contributed by atoms with Crippen LogP contribution in [0.15, 0.2) is 53.4 Å². The van der Waals surface area contributed by atoms with E-state index >= 15 is 0 Å². The van der Waals surface area contributed by atoms with Crippen molar-refractivity contribution in [3.8, 4) is 5.75 Å². The van der Waals surface area contributed by atoms with Crippen LogP contribution < -0.4 is 9.46 Å². The predicted molar refractivity (Wildman–Crippen MR) is 106 cm³/mol. The SMILES string of the molecule is Cc1ccccc1OCCN(C)C(=O)CCNS(=O)(=O)c1ccccc1Cl. The Morgan fingerprint density at radius 2 is 1.81 bits per heavy atom. The van der Waals surface area contributed by atoms with Gasteiger partial charge in [0.05, 0.1) is 11.6 Å². The number of hydrogen-bond donors (Lipinski definition) is 1. The Balaban J connectivity index is 1.76. The zero-order valence-electron chi connectivity index (χ0n) is 15.3. The van der Waals surface area contributed by atoms with Crippen molar-refractivity contribution in [1.29, 1.82) is 0 Å². The van der Waals surface area contributed by atoms with Crippen LogP contribution in [0.25, 0.3) is 0 Å².